The van der Waals surface area contributed by atoms with Crippen LogP contribution in [-0.4, -0.2) is 21.8 Å². The second-order valence-electron chi connectivity index (χ2n) is 4.29. The van der Waals surface area contributed by atoms with E-state index in [2.05, 4.69) is 13.8 Å². The van der Waals surface area contributed by atoms with Gasteiger partial charge in [-0.3, -0.25) is 4.21 Å². The Hall–Kier alpha value is 0.110. The van der Waals surface area contributed by atoms with Crippen molar-refractivity contribution in [3.8, 4) is 0 Å². The Morgan fingerprint density at radius 2 is 2.08 bits per heavy atom. The van der Waals surface area contributed by atoms with Gasteiger partial charge in [-0.15, -0.1) is 0 Å². The standard InChI is InChI=1S/C10H21NOS/c1-3-8(2)6-13(12)7-10(11)9-4-5-9/h8-10H,3-7,11H2,1-2H3. The van der Waals surface area contributed by atoms with E-state index in [1.54, 1.807) is 0 Å². The fourth-order valence-corrected chi connectivity index (χ4v) is 3.09. The molecule has 3 heteroatoms. The van der Waals surface area contributed by atoms with Gasteiger partial charge in [0.25, 0.3) is 0 Å². The van der Waals surface area contributed by atoms with Crippen molar-refractivity contribution in [3.05, 3.63) is 0 Å². The highest BCUT2D eigenvalue weighted by Crippen LogP contribution is 2.31. The molecule has 0 bridgehead atoms. The first kappa shape index (κ1) is 11.2. The van der Waals surface area contributed by atoms with Crippen LogP contribution < -0.4 is 5.73 Å². The van der Waals surface area contributed by atoms with Gasteiger partial charge in [0.15, 0.2) is 0 Å². The molecule has 3 unspecified atom stereocenters. The number of hydrogen-bond donors (Lipinski definition) is 1. The van der Waals surface area contributed by atoms with Crippen LogP contribution in [0.1, 0.15) is 33.1 Å². The Morgan fingerprint density at radius 1 is 1.46 bits per heavy atom. The molecule has 0 radical (unpaired) electrons. The van der Waals surface area contributed by atoms with Crippen molar-refractivity contribution in [2.24, 2.45) is 17.6 Å². The van der Waals surface area contributed by atoms with Gasteiger partial charge in [-0.2, -0.15) is 0 Å². The highest BCUT2D eigenvalue weighted by atomic mass is 32.2. The van der Waals surface area contributed by atoms with Gasteiger partial charge < -0.3 is 5.73 Å². The van der Waals surface area contributed by atoms with Gasteiger partial charge in [0.05, 0.1) is 0 Å². The Kier molecular flexibility index (Phi) is 4.39. The summed E-state index contributed by atoms with van der Waals surface area (Å²) in [6.45, 7) is 4.29. The van der Waals surface area contributed by atoms with E-state index < -0.39 is 10.8 Å². The van der Waals surface area contributed by atoms with Crippen LogP contribution in [0.25, 0.3) is 0 Å². The van der Waals surface area contributed by atoms with Crippen LogP contribution in [0.3, 0.4) is 0 Å². The van der Waals surface area contributed by atoms with E-state index in [0.29, 0.717) is 11.8 Å². The predicted molar refractivity (Wildman–Crippen MR) is 58.0 cm³/mol. The Balaban J connectivity index is 2.15. The zero-order chi connectivity index (χ0) is 9.84. The molecular formula is C10H21NOS. The molecule has 78 valence electrons. The van der Waals surface area contributed by atoms with E-state index in [1.165, 1.54) is 12.8 Å². The third-order valence-electron chi connectivity index (χ3n) is 2.77. The summed E-state index contributed by atoms with van der Waals surface area (Å²) in [5, 5.41) is 0. The number of rotatable bonds is 6. The molecule has 3 atom stereocenters. The van der Waals surface area contributed by atoms with Gasteiger partial charge in [0.1, 0.15) is 0 Å². The molecule has 1 aliphatic carbocycles. The molecule has 2 N–H and O–H groups in total. The molecule has 2 nitrogen and oxygen atoms in total. The molecule has 1 rings (SSSR count). The maximum atomic E-state index is 11.6. The van der Waals surface area contributed by atoms with Crippen molar-refractivity contribution >= 4 is 10.8 Å². The average molecular weight is 203 g/mol. The molecular weight excluding hydrogens is 182 g/mol. The molecule has 0 aromatic heterocycles. The van der Waals surface area contributed by atoms with Gasteiger partial charge in [-0.1, -0.05) is 20.3 Å². The van der Waals surface area contributed by atoms with Gasteiger partial charge in [0, 0.05) is 28.3 Å². The van der Waals surface area contributed by atoms with Crippen molar-refractivity contribution in [3.63, 3.8) is 0 Å². The normalized spacial score (nSPS) is 23.9. The molecule has 0 heterocycles. The summed E-state index contributed by atoms with van der Waals surface area (Å²) in [5.41, 5.74) is 5.90. The van der Waals surface area contributed by atoms with Crippen molar-refractivity contribution in [2.75, 3.05) is 11.5 Å². The van der Waals surface area contributed by atoms with Crippen LogP contribution in [0.2, 0.25) is 0 Å². The minimum absolute atomic E-state index is 0.199. The molecule has 1 saturated carbocycles. The fraction of sp³-hybridized carbons (Fsp3) is 1.00. The number of hydrogen-bond acceptors (Lipinski definition) is 2. The van der Waals surface area contributed by atoms with Gasteiger partial charge in [-0.05, 0) is 24.7 Å². The van der Waals surface area contributed by atoms with Crippen LogP contribution >= 0.6 is 0 Å². The molecule has 0 amide bonds. The highest BCUT2D eigenvalue weighted by Gasteiger charge is 2.29. The van der Waals surface area contributed by atoms with Crippen LogP contribution in [0.15, 0.2) is 0 Å². The third-order valence-corrected chi connectivity index (χ3v) is 4.47. The van der Waals surface area contributed by atoms with E-state index in [0.717, 1.165) is 17.9 Å². The molecule has 0 aromatic carbocycles. The summed E-state index contributed by atoms with van der Waals surface area (Å²) in [6.07, 6.45) is 3.62. The first-order valence-corrected chi connectivity index (χ1v) is 6.72. The monoisotopic (exact) mass is 203 g/mol. The van der Waals surface area contributed by atoms with E-state index in [4.69, 9.17) is 5.73 Å². The summed E-state index contributed by atoms with van der Waals surface area (Å²) >= 11 is 0. The maximum absolute atomic E-state index is 11.6. The molecule has 13 heavy (non-hydrogen) atoms. The van der Waals surface area contributed by atoms with E-state index in [-0.39, 0.29) is 6.04 Å². The molecule has 0 saturated heterocycles. The van der Waals surface area contributed by atoms with Crippen LogP contribution in [-0.2, 0) is 10.8 Å². The van der Waals surface area contributed by atoms with E-state index in [1.807, 2.05) is 0 Å². The van der Waals surface area contributed by atoms with Crippen LogP contribution in [0.4, 0.5) is 0 Å². The average Bonchev–Trinajstić information content (AvgIpc) is 2.85. The minimum atomic E-state index is -0.686. The summed E-state index contributed by atoms with van der Waals surface area (Å²) < 4.78 is 11.6. The van der Waals surface area contributed by atoms with Crippen LogP contribution in [0, 0.1) is 11.8 Å². The van der Waals surface area contributed by atoms with Gasteiger partial charge in [0.2, 0.25) is 0 Å². The summed E-state index contributed by atoms with van der Waals surface area (Å²) in [6, 6.07) is 0.199. The van der Waals surface area contributed by atoms with E-state index in [9.17, 15) is 4.21 Å². The Morgan fingerprint density at radius 3 is 2.54 bits per heavy atom. The summed E-state index contributed by atoms with van der Waals surface area (Å²) in [4.78, 5) is 0. The zero-order valence-electron chi connectivity index (χ0n) is 8.66. The Bertz CT molecular complexity index is 180. The lowest BCUT2D eigenvalue weighted by Crippen LogP contribution is -2.30. The molecule has 1 aliphatic rings. The zero-order valence-corrected chi connectivity index (χ0v) is 9.48. The highest BCUT2D eigenvalue weighted by molar-refractivity contribution is 7.85. The Labute approximate surface area is 83.7 Å². The maximum Gasteiger partial charge on any atom is 0.0389 e. The first-order valence-electron chi connectivity index (χ1n) is 5.24. The van der Waals surface area contributed by atoms with Crippen molar-refractivity contribution < 1.29 is 4.21 Å². The second kappa shape index (κ2) is 5.11. The van der Waals surface area contributed by atoms with E-state index >= 15 is 0 Å². The topological polar surface area (TPSA) is 43.1 Å². The summed E-state index contributed by atoms with van der Waals surface area (Å²) in [5.74, 6) is 2.81. The lowest BCUT2D eigenvalue weighted by molar-refractivity contribution is 0.602. The predicted octanol–water partition coefficient (Wildman–Crippen LogP) is 1.52. The first-order chi connectivity index (χ1) is 6.13. The third kappa shape index (κ3) is 4.23. The minimum Gasteiger partial charge on any atom is -0.327 e. The SMILES string of the molecule is CCC(C)CS(=O)CC(N)C1CC1. The quantitative estimate of drug-likeness (QED) is 0.711. The lowest BCUT2D eigenvalue weighted by Gasteiger charge is -2.12. The second-order valence-corrected chi connectivity index (χ2v) is 5.83. The summed E-state index contributed by atoms with van der Waals surface area (Å²) in [7, 11) is -0.686. The van der Waals surface area contributed by atoms with Crippen molar-refractivity contribution in [1.29, 1.82) is 0 Å². The van der Waals surface area contributed by atoms with Crippen LogP contribution in [0.5, 0.6) is 0 Å². The molecule has 0 aliphatic heterocycles. The molecule has 0 spiro atoms. The molecule has 1 fully saturated rings. The smallest absolute Gasteiger partial charge is 0.0389 e. The molecule has 0 aromatic rings. The van der Waals surface area contributed by atoms with Gasteiger partial charge >= 0.3 is 0 Å². The fourth-order valence-electron chi connectivity index (χ4n) is 1.38. The largest absolute Gasteiger partial charge is 0.327 e. The lowest BCUT2D eigenvalue weighted by atomic mass is 10.2. The van der Waals surface area contributed by atoms with Gasteiger partial charge in [-0.25, -0.2) is 0 Å². The van der Waals surface area contributed by atoms with Crippen molar-refractivity contribution in [2.45, 2.75) is 39.2 Å². The number of nitrogens with two attached hydrogens (primary N) is 1. The van der Waals surface area contributed by atoms with Crippen molar-refractivity contribution in [1.82, 2.24) is 0 Å².